The Hall–Kier alpha value is -5.58. The molecule has 0 unspecified atom stereocenters. The molecule has 6 aromatic heterocycles. The molecular formula is C38H38N8O2. The average Bonchev–Trinajstić information content (AvgIpc) is 3.13. The number of rotatable bonds is 17. The summed E-state index contributed by atoms with van der Waals surface area (Å²) in [6, 6.07) is 35.3. The van der Waals surface area contributed by atoms with Crippen LogP contribution in [0.1, 0.15) is 22.8 Å². The fourth-order valence-electron chi connectivity index (χ4n) is 5.15. The summed E-state index contributed by atoms with van der Waals surface area (Å²) in [6.45, 7) is 5.03. The van der Waals surface area contributed by atoms with Crippen LogP contribution in [0.4, 0.5) is 0 Å². The first kappa shape index (κ1) is 32.4. The third kappa shape index (κ3) is 10.2. The van der Waals surface area contributed by atoms with Crippen molar-refractivity contribution in [2.24, 2.45) is 0 Å². The van der Waals surface area contributed by atoms with Gasteiger partial charge in [-0.05, 0) is 60.7 Å². The summed E-state index contributed by atoms with van der Waals surface area (Å²) < 4.78 is 12.2. The van der Waals surface area contributed by atoms with Gasteiger partial charge < -0.3 is 9.47 Å². The van der Waals surface area contributed by atoms with Crippen molar-refractivity contribution in [3.05, 3.63) is 157 Å². The Labute approximate surface area is 281 Å². The van der Waals surface area contributed by atoms with Gasteiger partial charge in [0.05, 0.1) is 34.2 Å². The molecule has 0 aliphatic carbocycles. The van der Waals surface area contributed by atoms with Gasteiger partial charge in [-0.25, -0.2) is 9.97 Å². The van der Waals surface area contributed by atoms with Gasteiger partial charge in [-0.1, -0.05) is 36.4 Å². The Morgan fingerprint density at radius 1 is 0.396 bits per heavy atom. The van der Waals surface area contributed by atoms with Crippen molar-refractivity contribution in [3.63, 3.8) is 0 Å². The summed E-state index contributed by atoms with van der Waals surface area (Å²) in [6.07, 6.45) is 7.26. The molecule has 48 heavy (non-hydrogen) atoms. The van der Waals surface area contributed by atoms with Crippen LogP contribution in [-0.4, -0.2) is 66.0 Å². The summed E-state index contributed by atoms with van der Waals surface area (Å²) in [7, 11) is 0. The van der Waals surface area contributed by atoms with Crippen LogP contribution in [-0.2, 0) is 26.2 Å². The van der Waals surface area contributed by atoms with Crippen LogP contribution in [0.2, 0.25) is 0 Å². The van der Waals surface area contributed by atoms with Gasteiger partial charge in [0, 0.05) is 76.2 Å². The van der Waals surface area contributed by atoms with E-state index in [9.17, 15) is 0 Å². The van der Waals surface area contributed by atoms with Crippen LogP contribution in [0.25, 0.3) is 11.4 Å². The van der Waals surface area contributed by atoms with E-state index in [1.165, 1.54) is 0 Å². The average molecular weight is 639 g/mol. The molecule has 0 fully saturated rings. The molecule has 6 rings (SSSR count). The molecule has 0 aromatic carbocycles. The summed E-state index contributed by atoms with van der Waals surface area (Å²) in [5, 5.41) is 0. The minimum atomic E-state index is 0.459. The van der Waals surface area contributed by atoms with Crippen molar-refractivity contribution >= 4 is 0 Å². The quantitative estimate of drug-likeness (QED) is 0.120. The van der Waals surface area contributed by atoms with Crippen molar-refractivity contribution in [2.75, 3.05) is 26.3 Å². The van der Waals surface area contributed by atoms with Gasteiger partial charge in [-0.2, -0.15) is 0 Å². The lowest BCUT2D eigenvalue weighted by Crippen LogP contribution is -2.28. The van der Waals surface area contributed by atoms with E-state index in [1.54, 1.807) is 0 Å². The first-order valence-electron chi connectivity index (χ1n) is 16.0. The molecular weight excluding hydrogens is 600 g/mol. The third-order valence-corrected chi connectivity index (χ3v) is 7.47. The molecule has 10 nitrogen and oxygen atoms in total. The predicted molar refractivity (Wildman–Crippen MR) is 184 cm³/mol. The molecule has 0 saturated carbocycles. The number of aromatic nitrogens is 6. The van der Waals surface area contributed by atoms with E-state index in [2.05, 4.69) is 29.7 Å². The lowest BCUT2D eigenvalue weighted by atomic mass is 10.2. The second-order valence-electron chi connectivity index (χ2n) is 11.1. The molecule has 0 aliphatic rings. The van der Waals surface area contributed by atoms with Gasteiger partial charge in [-0.15, -0.1) is 0 Å². The Kier molecular flexibility index (Phi) is 11.7. The molecule has 0 atom stereocenters. The second-order valence-corrected chi connectivity index (χ2v) is 11.1. The molecule has 0 radical (unpaired) electrons. The number of ether oxygens (including phenoxy) is 2. The topological polar surface area (TPSA) is 102 Å². The van der Waals surface area contributed by atoms with Crippen LogP contribution in [0.15, 0.2) is 134 Å². The van der Waals surface area contributed by atoms with Crippen molar-refractivity contribution in [3.8, 4) is 23.1 Å². The standard InChI is InChI=1S/C38H38N8O2/c1-5-19-39-31(11-1)27-45(28-32-12-2-6-20-40-32)23-25-47-37-17-9-15-35(43-37)36-16-10-18-38(44-36)48-26-24-46(29-33-13-3-7-21-41-33)30-34-14-4-8-22-42-34/h1-22H,23-30H2. The van der Waals surface area contributed by atoms with Crippen LogP contribution in [0, 0.1) is 0 Å². The Morgan fingerprint density at radius 2 is 0.750 bits per heavy atom. The van der Waals surface area contributed by atoms with E-state index in [4.69, 9.17) is 19.4 Å². The highest BCUT2D eigenvalue weighted by Crippen LogP contribution is 2.21. The molecule has 0 N–H and O–H groups in total. The SMILES string of the molecule is c1ccc(CN(CCOc2cccc(-c3cccc(OCCN(Cc4ccccn4)Cc4ccccn4)n3)n2)Cc2ccccn2)nc1. The zero-order valence-electron chi connectivity index (χ0n) is 26.8. The maximum absolute atomic E-state index is 6.12. The molecule has 6 heterocycles. The lowest BCUT2D eigenvalue weighted by Gasteiger charge is -2.22. The molecule has 0 bridgehead atoms. The Balaban J connectivity index is 1.05. The monoisotopic (exact) mass is 638 g/mol. The zero-order chi connectivity index (χ0) is 32.6. The summed E-state index contributed by atoms with van der Waals surface area (Å²) in [5.41, 5.74) is 5.41. The van der Waals surface area contributed by atoms with Crippen LogP contribution >= 0.6 is 0 Å². The minimum absolute atomic E-state index is 0.459. The summed E-state index contributed by atoms with van der Waals surface area (Å²) in [4.78, 5) is 32.0. The van der Waals surface area contributed by atoms with E-state index in [1.807, 2.05) is 134 Å². The van der Waals surface area contributed by atoms with Crippen molar-refractivity contribution in [1.82, 2.24) is 39.7 Å². The second kappa shape index (κ2) is 17.4. The van der Waals surface area contributed by atoms with Gasteiger partial charge in [0.15, 0.2) is 0 Å². The van der Waals surface area contributed by atoms with Crippen molar-refractivity contribution < 1.29 is 9.47 Å². The van der Waals surface area contributed by atoms with Gasteiger partial charge in [0.2, 0.25) is 11.8 Å². The lowest BCUT2D eigenvalue weighted by molar-refractivity contribution is 0.189. The molecule has 10 heteroatoms. The first-order chi connectivity index (χ1) is 23.8. The van der Waals surface area contributed by atoms with Crippen molar-refractivity contribution in [2.45, 2.75) is 26.2 Å². The fourth-order valence-corrected chi connectivity index (χ4v) is 5.15. The van der Waals surface area contributed by atoms with E-state index >= 15 is 0 Å². The number of pyridine rings is 6. The van der Waals surface area contributed by atoms with Gasteiger partial charge in [0.25, 0.3) is 0 Å². The molecule has 0 amide bonds. The maximum Gasteiger partial charge on any atom is 0.213 e. The molecule has 0 aliphatic heterocycles. The first-order valence-corrected chi connectivity index (χ1v) is 16.0. The fraction of sp³-hybridized carbons (Fsp3) is 0.211. The third-order valence-electron chi connectivity index (χ3n) is 7.47. The van der Waals surface area contributed by atoms with Crippen LogP contribution in [0.5, 0.6) is 11.8 Å². The van der Waals surface area contributed by atoms with E-state index < -0.39 is 0 Å². The largest absolute Gasteiger partial charge is 0.476 e. The highest BCUT2D eigenvalue weighted by molar-refractivity contribution is 5.55. The Morgan fingerprint density at radius 3 is 1.06 bits per heavy atom. The minimum Gasteiger partial charge on any atom is -0.476 e. The van der Waals surface area contributed by atoms with Crippen LogP contribution in [0.3, 0.4) is 0 Å². The zero-order valence-corrected chi connectivity index (χ0v) is 26.8. The molecule has 6 aromatic rings. The normalized spacial score (nSPS) is 11.1. The van der Waals surface area contributed by atoms with Gasteiger partial charge in [-0.3, -0.25) is 29.7 Å². The molecule has 0 saturated heterocycles. The predicted octanol–water partition coefficient (Wildman–Crippen LogP) is 5.89. The summed E-state index contributed by atoms with van der Waals surface area (Å²) >= 11 is 0. The van der Waals surface area contributed by atoms with E-state index in [0.717, 1.165) is 22.8 Å². The number of nitrogens with zero attached hydrogens (tertiary/aromatic N) is 8. The van der Waals surface area contributed by atoms with E-state index in [0.29, 0.717) is 75.6 Å². The highest BCUT2D eigenvalue weighted by atomic mass is 16.5. The smallest absolute Gasteiger partial charge is 0.213 e. The molecule has 242 valence electrons. The molecule has 0 spiro atoms. The van der Waals surface area contributed by atoms with E-state index in [-0.39, 0.29) is 0 Å². The van der Waals surface area contributed by atoms with Crippen molar-refractivity contribution in [1.29, 1.82) is 0 Å². The van der Waals surface area contributed by atoms with Crippen LogP contribution < -0.4 is 9.47 Å². The highest BCUT2D eigenvalue weighted by Gasteiger charge is 2.12. The Bertz CT molecular complexity index is 1580. The maximum atomic E-state index is 6.12. The summed E-state index contributed by atoms with van der Waals surface area (Å²) in [5.74, 6) is 1.08. The number of hydrogen-bond donors (Lipinski definition) is 0. The number of hydrogen-bond acceptors (Lipinski definition) is 10. The van der Waals surface area contributed by atoms with Gasteiger partial charge in [0.1, 0.15) is 13.2 Å². The van der Waals surface area contributed by atoms with Gasteiger partial charge >= 0.3 is 0 Å².